The van der Waals surface area contributed by atoms with Gasteiger partial charge in [0.1, 0.15) is 5.69 Å². The van der Waals surface area contributed by atoms with Crippen molar-refractivity contribution in [2.24, 2.45) is 11.7 Å². The number of thiazole rings is 1. The Kier molecular flexibility index (Phi) is 3.21. The maximum atomic E-state index is 12.4. The molecule has 0 atom stereocenters. The smallest absolute Gasteiger partial charge is 0.274 e. The lowest BCUT2D eigenvalue weighted by Crippen LogP contribution is -2.41. The van der Waals surface area contributed by atoms with Crippen molar-refractivity contribution in [2.75, 3.05) is 13.1 Å². The number of carbonyl (C=O) groups excluding carboxylic acids is 2. The van der Waals surface area contributed by atoms with Crippen molar-refractivity contribution in [3.63, 3.8) is 0 Å². The van der Waals surface area contributed by atoms with Gasteiger partial charge in [-0.15, -0.1) is 11.3 Å². The second-order valence-corrected chi connectivity index (χ2v) is 5.96. The summed E-state index contributed by atoms with van der Waals surface area (Å²) in [5.74, 6) is -0.440. The van der Waals surface area contributed by atoms with Gasteiger partial charge in [0.15, 0.2) is 4.96 Å². The van der Waals surface area contributed by atoms with Crippen LogP contribution in [0.5, 0.6) is 0 Å². The number of fused-ring (bicyclic) bond motifs is 1. The topological polar surface area (TPSA) is 80.7 Å². The number of likely N-dealkylation sites (tertiary alicyclic amines) is 1. The van der Waals surface area contributed by atoms with Crippen LogP contribution in [0.3, 0.4) is 0 Å². The number of nitrogens with zero attached hydrogens (tertiary/aromatic N) is 3. The third-order valence-corrected chi connectivity index (χ3v) is 4.75. The first-order chi connectivity index (χ1) is 9.56. The highest BCUT2D eigenvalue weighted by Crippen LogP contribution is 2.20. The fourth-order valence-electron chi connectivity index (χ4n) is 2.53. The van der Waals surface area contributed by atoms with Crippen LogP contribution in [-0.2, 0) is 4.79 Å². The van der Waals surface area contributed by atoms with Gasteiger partial charge >= 0.3 is 0 Å². The summed E-state index contributed by atoms with van der Waals surface area (Å²) in [5.41, 5.74) is 6.84. The number of piperidine rings is 1. The molecule has 0 spiro atoms. The molecule has 20 heavy (non-hydrogen) atoms. The summed E-state index contributed by atoms with van der Waals surface area (Å²) in [6, 6.07) is 0. The molecule has 7 heteroatoms. The normalized spacial score (nSPS) is 16.8. The zero-order valence-corrected chi connectivity index (χ0v) is 12.0. The SMILES string of the molecule is Cc1csc2nc(C(=O)N3CCC(C(N)=O)CC3)cn12. The summed E-state index contributed by atoms with van der Waals surface area (Å²) in [7, 11) is 0. The van der Waals surface area contributed by atoms with Crippen molar-refractivity contribution in [1.82, 2.24) is 14.3 Å². The van der Waals surface area contributed by atoms with Crippen LogP contribution >= 0.6 is 11.3 Å². The van der Waals surface area contributed by atoms with Gasteiger partial charge in [-0.05, 0) is 19.8 Å². The number of carbonyl (C=O) groups is 2. The molecular weight excluding hydrogens is 276 g/mol. The summed E-state index contributed by atoms with van der Waals surface area (Å²) < 4.78 is 1.92. The van der Waals surface area contributed by atoms with E-state index in [2.05, 4.69) is 4.98 Å². The van der Waals surface area contributed by atoms with Crippen molar-refractivity contribution >= 4 is 28.1 Å². The van der Waals surface area contributed by atoms with Gasteiger partial charge < -0.3 is 10.6 Å². The van der Waals surface area contributed by atoms with Crippen molar-refractivity contribution in [3.8, 4) is 0 Å². The number of primary amides is 1. The Bertz CT molecular complexity index is 667. The molecule has 3 heterocycles. The minimum Gasteiger partial charge on any atom is -0.369 e. The maximum Gasteiger partial charge on any atom is 0.274 e. The van der Waals surface area contributed by atoms with Crippen LogP contribution in [-0.4, -0.2) is 39.2 Å². The number of amides is 2. The molecule has 1 saturated heterocycles. The number of aromatic nitrogens is 2. The molecule has 1 aliphatic rings. The van der Waals surface area contributed by atoms with Gasteiger partial charge in [0.2, 0.25) is 5.91 Å². The predicted molar refractivity (Wildman–Crippen MR) is 75.6 cm³/mol. The first-order valence-corrected chi connectivity index (χ1v) is 7.46. The molecular formula is C13H16N4O2S. The number of hydrogen-bond donors (Lipinski definition) is 1. The fraction of sp³-hybridized carbons (Fsp3) is 0.462. The van der Waals surface area contributed by atoms with Crippen LogP contribution in [0.25, 0.3) is 4.96 Å². The maximum absolute atomic E-state index is 12.4. The molecule has 0 aliphatic carbocycles. The van der Waals surface area contributed by atoms with Gasteiger partial charge in [0, 0.05) is 36.3 Å². The Morgan fingerprint density at radius 1 is 1.40 bits per heavy atom. The van der Waals surface area contributed by atoms with Crippen LogP contribution in [0, 0.1) is 12.8 Å². The van der Waals surface area contributed by atoms with Gasteiger partial charge in [-0.1, -0.05) is 0 Å². The van der Waals surface area contributed by atoms with Gasteiger partial charge in [-0.3, -0.25) is 14.0 Å². The molecule has 0 unspecified atom stereocenters. The minimum absolute atomic E-state index is 0.0665. The molecule has 2 N–H and O–H groups in total. The lowest BCUT2D eigenvalue weighted by molar-refractivity contribution is -0.123. The van der Waals surface area contributed by atoms with Crippen molar-refractivity contribution in [1.29, 1.82) is 0 Å². The third kappa shape index (κ3) is 2.18. The average molecular weight is 292 g/mol. The molecule has 0 radical (unpaired) electrons. The summed E-state index contributed by atoms with van der Waals surface area (Å²) in [6.07, 6.45) is 3.06. The van der Waals surface area contributed by atoms with Gasteiger partial charge in [-0.2, -0.15) is 0 Å². The van der Waals surface area contributed by atoms with Gasteiger partial charge in [-0.25, -0.2) is 4.98 Å². The van der Waals surface area contributed by atoms with Crippen LogP contribution in [0.1, 0.15) is 29.0 Å². The van der Waals surface area contributed by atoms with Crippen molar-refractivity contribution in [3.05, 3.63) is 23.0 Å². The van der Waals surface area contributed by atoms with Crippen LogP contribution in [0.15, 0.2) is 11.6 Å². The molecule has 2 aromatic heterocycles. The highest BCUT2D eigenvalue weighted by Gasteiger charge is 2.27. The zero-order chi connectivity index (χ0) is 14.3. The number of imidazole rings is 1. The Morgan fingerprint density at radius 3 is 2.70 bits per heavy atom. The van der Waals surface area contributed by atoms with Gasteiger partial charge in [0.05, 0.1) is 0 Å². The monoisotopic (exact) mass is 292 g/mol. The quantitative estimate of drug-likeness (QED) is 0.898. The Hall–Kier alpha value is -1.89. The molecule has 1 fully saturated rings. The first-order valence-electron chi connectivity index (χ1n) is 6.58. The average Bonchev–Trinajstić information content (AvgIpc) is 3.01. The summed E-state index contributed by atoms with van der Waals surface area (Å²) in [4.78, 5) is 30.5. The van der Waals surface area contributed by atoms with Crippen molar-refractivity contribution < 1.29 is 9.59 Å². The van der Waals surface area contributed by atoms with E-state index in [4.69, 9.17) is 5.73 Å². The van der Waals surface area contributed by atoms with E-state index in [1.54, 1.807) is 11.1 Å². The summed E-state index contributed by atoms with van der Waals surface area (Å²) in [5, 5.41) is 2.01. The van der Waals surface area contributed by atoms with E-state index >= 15 is 0 Å². The molecule has 2 aromatic rings. The summed E-state index contributed by atoms with van der Waals surface area (Å²) >= 11 is 1.52. The Balaban J connectivity index is 1.74. The number of nitrogens with two attached hydrogens (primary N) is 1. The van der Waals surface area contributed by atoms with E-state index in [-0.39, 0.29) is 17.7 Å². The molecule has 6 nitrogen and oxygen atoms in total. The minimum atomic E-state index is -0.268. The number of rotatable bonds is 2. The van der Waals surface area contributed by atoms with E-state index in [0.717, 1.165) is 10.7 Å². The van der Waals surface area contributed by atoms with E-state index in [1.807, 2.05) is 16.7 Å². The van der Waals surface area contributed by atoms with Crippen LogP contribution < -0.4 is 5.73 Å². The lowest BCUT2D eigenvalue weighted by Gasteiger charge is -2.29. The molecule has 0 bridgehead atoms. The molecule has 106 valence electrons. The molecule has 1 aliphatic heterocycles. The van der Waals surface area contributed by atoms with Gasteiger partial charge in [0.25, 0.3) is 5.91 Å². The predicted octanol–water partition coefficient (Wildman–Crippen LogP) is 1.04. The molecule has 0 aromatic carbocycles. The van der Waals surface area contributed by atoms with Crippen molar-refractivity contribution in [2.45, 2.75) is 19.8 Å². The highest BCUT2D eigenvalue weighted by atomic mass is 32.1. The van der Waals surface area contributed by atoms with E-state index in [1.165, 1.54) is 11.3 Å². The second kappa shape index (κ2) is 4.90. The number of aryl methyl sites for hydroxylation is 1. The van der Waals surface area contributed by atoms with E-state index in [0.29, 0.717) is 31.6 Å². The van der Waals surface area contributed by atoms with E-state index in [9.17, 15) is 9.59 Å². The van der Waals surface area contributed by atoms with Crippen LogP contribution in [0.4, 0.5) is 0 Å². The fourth-order valence-corrected chi connectivity index (χ4v) is 3.38. The Labute approximate surface area is 120 Å². The van der Waals surface area contributed by atoms with Crippen LogP contribution in [0.2, 0.25) is 0 Å². The third-order valence-electron chi connectivity index (χ3n) is 3.79. The molecule has 2 amide bonds. The zero-order valence-electron chi connectivity index (χ0n) is 11.2. The molecule has 0 saturated carbocycles. The summed E-state index contributed by atoms with van der Waals surface area (Å²) in [6.45, 7) is 3.12. The lowest BCUT2D eigenvalue weighted by atomic mass is 9.96. The molecule has 3 rings (SSSR count). The van der Waals surface area contributed by atoms with E-state index < -0.39 is 0 Å². The first kappa shape index (κ1) is 13.1. The highest BCUT2D eigenvalue weighted by molar-refractivity contribution is 7.15. The Morgan fingerprint density at radius 2 is 2.10 bits per heavy atom. The standard InChI is InChI=1S/C13H16N4O2S/c1-8-7-20-13-15-10(6-17(8)13)12(19)16-4-2-9(3-5-16)11(14)18/h6-7,9H,2-5H2,1H3,(H2,14,18). The number of hydrogen-bond acceptors (Lipinski definition) is 4. The second-order valence-electron chi connectivity index (χ2n) is 5.12. The largest absolute Gasteiger partial charge is 0.369 e.